The predicted molar refractivity (Wildman–Crippen MR) is 44.5 cm³/mol. The Hall–Kier alpha value is -1.29. The predicted octanol–water partition coefficient (Wildman–Crippen LogP) is 1.28. The van der Waals surface area contributed by atoms with Crippen molar-refractivity contribution < 1.29 is 13.6 Å². The molecule has 0 radical (unpaired) electrons. The van der Waals surface area contributed by atoms with Crippen LogP contribution < -0.4 is 5.73 Å². The second-order valence-electron chi connectivity index (χ2n) is 2.62. The number of carbonyl (C=O) groups is 1. The summed E-state index contributed by atoms with van der Waals surface area (Å²) >= 11 is 0. The molecule has 0 heterocycles. The summed E-state index contributed by atoms with van der Waals surface area (Å²) < 4.78 is 25.3. The van der Waals surface area contributed by atoms with Crippen LogP contribution in [0.15, 0.2) is 12.1 Å². The van der Waals surface area contributed by atoms with Gasteiger partial charge in [0, 0.05) is 5.56 Å². The number of hydrogen-bond acceptors (Lipinski definition) is 2. The van der Waals surface area contributed by atoms with Gasteiger partial charge in [-0.05, 0) is 30.7 Å². The summed E-state index contributed by atoms with van der Waals surface area (Å²) in [6.45, 7) is 0.298. The zero-order valence-electron chi connectivity index (χ0n) is 6.89. The van der Waals surface area contributed by atoms with Gasteiger partial charge in [0.15, 0.2) is 11.6 Å². The molecule has 1 aromatic rings. The number of carbonyl (C=O) groups excluding carboxylic acids is 1. The van der Waals surface area contributed by atoms with E-state index in [-0.39, 0.29) is 5.56 Å². The van der Waals surface area contributed by atoms with Crippen molar-refractivity contribution in [3.63, 3.8) is 0 Å². The molecule has 0 saturated heterocycles. The number of benzene rings is 1. The van der Waals surface area contributed by atoms with E-state index in [9.17, 15) is 13.6 Å². The minimum atomic E-state index is -1.01. The molecule has 0 unspecified atom stereocenters. The van der Waals surface area contributed by atoms with Crippen LogP contribution in [0.25, 0.3) is 0 Å². The molecular weight excluding hydrogens is 176 g/mol. The SMILES string of the molecule is NCCc1cc(F)c(F)cc1C=O. The van der Waals surface area contributed by atoms with Gasteiger partial charge in [-0.3, -0.25) is 4.79 Å². The Kier molecular flexibility index (Phi) is 3.08. The average molecular weight is 185 g/mol. The summed E-state index contributed by atoms with van der Waals surface area (Å²) in [6.07, 6.45) is 0.860. The van der Waals surface area contributed by atoms with Crippen LogP contribution in [0.1, 0.15) is 15.9 Å². The highest BCUT2D eigenvalue weighted by Gasteiger charge is 2.08. The lowest BCUT2D eigenvalue weighted by Gasteiger charge is -2.03. The fraction of sp³-hybridized carbons (Fsp3) is 0.222. The largest absolute Gasteiger partial charge is 0.330 e. The third-order valence-electron chi connectivity index (χ3n) is 1.72. The number of hydrogen-bond donors (Lipinski definition) is 1. The summed E-state index contributed by atoms with van der Waals surface area (Å²) in [5, 5.41) is 0. The van der Waals surface area contributed by atoms with Gasteiger partial charge in [-0.1, -0.05) is 0 Å². The molecule has 0 spiro atoms. The number of nitrogens with two attached hydrogens (primary N) is 1. The van der Waals surface area contributed by atoms with E-state index in [1.807, 2.05) is 0 Å². The lowest BCUT2D eigenvalue weighted by Crippen LogP contribution is -2.06. The molecule has 70 valence electrons. The van der Waals surface area contributed by atoms with Gasteiger partial charge in [-0.25, -0.2) is 8.78 Å². The smallest absolute Gasteiger partial charge is 0.159 e. The molecule has 2 nitrogen and oxygen atoms in total. The Balaban J connectivity index is 3.16. The molecule has 0 atom stereocenters. The minimum Gasteiger partial charge on any atom is -0.330 e. The first-order valence-electron chi connectivity index (χ1n) is 3.82. The van der Waals surface area contributed by atoms with Crippen LogP contribution in [0.5, 0.6) is 0 Å². The molecule has 0 aromatic heterocycles. The van der Waals surface area contributed by atoms with Crippen LogP contribution in [0.3, 0.4) is 0 Å². The highest BCUT2D eigenvalue weighted by molar-refractivity contribution is 5.77. The van der Waals surface area contributed by atoms with Gasteiger partial charge in [-0.15, -0.1) is 0 Å². The molecule has 4 heteroatoms. The first-order valence-corrected chi connectivity index (χ1v) is 3.82. The van der Waals surface area contributed by atoms with E-state index < -0.39 is 11.6 Å². The van der Waals surface area contributed by atoms with Gasteiger partial charge >= 0.3 is 0 Å². The molecule has 0 amide bonds. The maximum Gasteiger partial charge on any atom is 0.159 e. The highest BCUT2D eigenvalue weighted by Crippen LogP contribution is 2.13. The number of aldehydes is 1. The van der Waals surface area contributed by atoms with Crippen molar-refractivity contribution >= 4 is 6.29 Å². The normalized spacial score (nSPS) is 10.1. The van der Waals surface area contributed by atoms with Gasteiger partial charge in [-0.2, -0.15) is 0 Å². The monoisotopic (exact) mass is 185 g/mol. The summed E-state index contributed by atoms with van der Waals surface area (Å²) in [4.78, 5) is 10.4. The summed E-state index contributed by atoms with van der Waals surface area (Å²) in [6, 6.07) is 1.89. The van der Waals surface area contributed by atoms with Crippen molar-refractivity contribution in [2.45, 2.75) is 6.42 Å². The molecule has 0 aliphatic heterocycles. The van der Waals surface area contributed by atoms with Crippen LogP contribution in [0.2, 0.25) is 0 Å². The van der Waals surface area contributed by atoms with Crippen molar-refractivity contribution in [2.75, 3.05) is 6.54 Å². The van der Waals surface area contributed by atoms with Crippen LogP contribution in [0, 0.1) is 11.6 Å². The van der Waals surface area contributed by atoms with Crippen LogP contribution >= 0.6 is 0 Å². The van der Waals surface area contributed by atoms with Crippen LogP contribution in [0.4, 0.5) is 8.78 Å². The average Bonchev–Trinajstić information content (AvgIpc) is 2.11. The maximum absolute atomic E-state index is 12.7. The Morgan fingerprint density at radius 2 is 1.92 bits per heavy atom. The van der Waals surface area contributed by atoms with E-state index >= 15 is 0 Å². The van der Waals surface area contributed by atoms with Crippen molar-refractivity contribution in [3.05, 3.63) is 34.9 Å². The van der Waals surface area contributed by atoms with Gasteiger partial charge in [0.05, 0.1) is 0 Å². The molecule has 0 fully saturated rings. The van der Waals surface area contributed by atoms with Gasteiger partial charge < -0.3 is 5.73 Å². The number of halogens is 2. The van der Waals surface area contributed by atoms with Crippen LogP contribution in [-0.4, -0.2) is 12.8 Å². The Morgan fingerprint density at radius 3 is 2.46 bits per heavy atom. The first-order chi connectivity index (χ1) is 6.19. The first kappa shape index (κ1) is 9.80. The molecule has 13 heavy (non-hydrogen) atoms. The lowest BCUT2D eigenvalue weighted by molar-refractivity contribution is 0.112. The highest BCUT2D eigenvalue weighted by atomic mass is 19.2. The molecule has 1 rings (SSSR count). The zero-order chi connectivity index (χ0) is 9.84. The summed E-state index contributed by atoms with van der Waals surface area (Å²) in [5.74, 6) is -1.96. The summed E-state index contributed by atoms with van der Waals surface area (Å²) in [5.41, 5.74) is 5.84. The fourth-order valence-corrected chi connectivity index (χ4v) is 1.09. The van der Waals surface area contributed by atoms with Gasteiger partial charge in [0.1, 0.15) is 6.29 Å². The lowest BCUT2D eigenvalue weighted by atomic mass is 10.1. The molecule has 0 aliphatic carbocycles. The van der Waals surface area contributed by atoms with E-state index in [4.69, 9.17) is 5.73 Å². The molecule has 1 aromatic carbocycles. The zero-order valence-corrected chi connectivity index (χ0v) is 6.89. The van der Waals surface area contributed by atoms with Gasteiger partial charge in [0.25, 0.3) is 0 Å². The van der Waals surface area contributed by atoms with Crippen molar-refractivity contribution in [2.24, 2.45) is 5.73 Å². The summed E-state index contributed by atoms with van der Waals surface area (Å²) in [7, 11) is 0. The number of rotatable bonds is 3. The van der Waals surface area contributed by atoms with Crippen LogP contribution in [-0.2, 0) is 6.42 Å². The third-order valence-corrected chi connectivity index (χ3v) is 1.72. The van der Waals surface area contributed by atoms with E-state index in [0.29, 0.717) is 24.8 Å². The van der Waals surface area contributed by atoms with E-state index in [1.165, 1.54) is 0 Å². The quantitative estimate of drug-likeness (QED) is 0.721. The topological polar surface area (TPSA) is 43.1 Å². The molecule has 0 aliphatic rings. The van der Waals surface area contributed by atoms with E-state index in [0.717, 1.165) is 12.1 Å². The van der Waals surface area contributed by atoms with Crippen molar-refractivity contribution in [1.29, 1.82) is 0 Å². The second-order valence-corrected chi connectivity index (χ2v) is 2.62. The minimum absolute atomic E-state index is 0.157. The molecular formula is C9H9F2NO. The fourth-order valence-electron chi connectivity index (χ4n) is 1.09. The molecule has 0 bridgehead atoms. The third kappa shape index (κ3) is 2.09. The maximum atomic E-state index is 12.7. The molecule has 2 N–H and O–H groups in total. The Morgan fingerprint density at radius 1 is 1.31 bits per heavy atom. The Labute approximate surface area is 74.4 Å². The van der Waals surface area contributed by atoms with E-state index in [2.05, 4.69) is 0 Å². The van der Waals surface area contributed by atoms with Crippen molar-refractivity contribution in [1.82, 2.24) is 0 Å². The van der Waals surface area contributed by atoms with Crippen molar-refractivity contribution in [3.8, 4) is 0 Å². The molecule has 0 saturated carbocycles. The Bertz CT molecular complexity index is 326. The van der Waals surface area contributed by atoms with Gasteiger partial charge in [0.2, 0.25) is 0 Å². The standard InChI is InChI=1S/C9H9F2NO/c10-8-3-6(1-2-12)7(5-13)4-9(8)11/h3-5H,1-2,12H2. The second kappa shape index (κ2) is 4.09. The van der Waals surface area contributed by atoms with E-state index in [1.54, 1.807) is 0 Å².